The summed E-state index contributed by atoms with van der Waals surface area (Å²) in [6.45, 7) is 9.94. The van der Waals surface area contributed by atoms with Crippen LogP contribution in [-0.2, 0) is 20.9 Å². The number of hydrogen-bond donors (Lipinski definition) is 0. The van der Waals surface area contributed by atoms with Gasteiger partial charge >= 0.3 is 5.97 Å². The SMILES string of the molecule is CC1(C)[C@@]2(C(=O)N3CCN(Cc4ccc5c(c4)OCO5)CC3)CC[C@]1(C)C(=O)O2. The van der Waals surface area contributed by atoms with Crippen LogP contribution >= 0.6 is 0 Å². The summed E-state index contributed by atoms with van der Waals surface area (Å²) in [6, 6.07) is 6.03. The van der Waals surface area contributed by atoms with Gasteiger partial charge in [-0.3, -0.25) is 14.5 Å². The van der Waals surface area contributed by atoms with Crippen molar-refractivity contribution in [3.8, 4) is 11.5 Å². The lowest BCUT2D eigenvalue weighted by atomic mass is 9.66. The highest BCUT2D eigenvalue weighted by Gasteiger charge is 2.76. The number of rotatable bonds is 3. The van der Waals surface area contributed by atoms with Gasteiger partial charge in [-0.1, -0.05) is 19.9 Å². The van der Waals surface area contributed by atoms with Gasteiger partial charge in [-0.05, 0) is 37.5 Å². The van der Waals surface area contributed by atoms with E-state index in [1.165, 1.54) is 5.56 Å². The summed E-state index contributed by atoms with van der Waals surface area (Å²) in [6.07, 6.45) is 1.34. The van der Waals surface area contributed by atoms with Crippen molar-refractivity contribution in [2.24, 2.45) is 10.8 Å². The summed E-state index contributed by atoms with van der Waals surface area (Å²) in [5.74, 6) is 1.36. The number of benzene rings is 1. The number of ether oxygens (including phenoxy) is 3. The van der Waals surface area contributed by atoms with Crippen molar-refractivity contribution >= 4 is 11.9 Å². The molecule has 3 aliphatic heterocycles. The van der Waals surface area contributed by atoms with Gasteiger partial charge in [0.15, 0.2) is 17.1 Å². The fourth-order valence-corrected chi connectivity index (χ4v) is 5.38. The molecular weight excluding hydrogens is 372 g/mol. The van der Waals surface area contributed by atoms with Crippen LogP contribution in [0.3, 0.4) is 0 Å². The second-order valence-corrected chi connectivity index (χ2v) is 9.43. The summed E-state index contributed by atoms with van der Waals surface area (Å²) < 4.78 is 16.6. The maximum Gasteiger partial charge on any atom is 0.313 e. The lowest BCUT2D eigenvalue weighted by molar-refractivity contribution is -0.175. The standard InChI is InChI=1S/C22H28N2O5/c1-20(2)21(3)6-7-22(20,29-19(21)26)18(25)24-10-8-23(9-11-24)13-15-4-5-16-17(12-15)28-14-27-16/h4-5,12H,6-11,13-14H2,1-3H3/t21-,22+/m1/s1. The molecule has 1 aromatic rings. The molecule has 2 saturated heterocycles. The van der Waals surface area contributed by atoms with Gasteiger partial charge in [0.2, 0.25) is 6.79 Å². The van der Waals surface area contributed by atoms with E-state index in [1.807, 2.05) is 37.8 Å². The van der Waals surface area contributed by atoms with Crippen LogP contribution in [0.2, 0.25) is 0 Å². The zero-order chi connectivity index (χ0) is 20.4. The molecule has 0 radical (unpaired) electrons. The fraction of sp³-hybridized carbons (Fsp3) is 0.636. The van der Waals surface area contributed by atoms with E-state index >= 15 is 0 Å². The molecule has 7 nitrogen and oxygen atoms in total. The van der Waals surface area contributed by atoms with Crippen molar-refractivity contribution in [3.05, 3.63) is 23.8 Å². The molecule has 7 heteroatoms. The van der Waals surface area contributed by atoms with Gasteiger partial charge in [0.1, 0.15) is 0 Å². The maximum absolute atomic E-state index is 13.5. The second kappa shape index (κ2) is 6.11. The van der Waals surface area contributed by atoms with Crippen molar-refractivity contribution in [2.75, 3.05) is 33.0 Å². The van der Waals surface area contributed by atoms with Gasteiger partial charge in [-0.15, -0.1) is 0 Å². The van der Waals surface area contributed by atoms with Gasteiger partial charge in [0.25, 0.3) is 5.91 Å². The molecule has 0 N–H and O–H groups in total. The van der Waals surface area contributed by atoms with Crippen molar-refractivity contribution in [3.63, 3.8) is 0 Å². The lowest BCUT2D eigenvalue weighted by Crippen LogP contribution is -2.59. The minimum atomic E-state index is -1.00. The van der Waals surface area contributed by atoms with E-state index in [0.717, 1.165) is 31.1 Å². The number of amides is 1. The minimum absolute atomic E-state index is 0.0141. The quantitative estimate of drug-likeness (QED) is 0.725. The molecule has 0 aromatic heterocycles. The third kappa shape index (κ3) is 2.46. The highest BCUT2D eigenvalue weighted by Crippen LogP contribution is 2.66. The summed E-state index contributed by atoms with van der Waals surface area (Å²) in [5, 5.41) is 0. The molecule has 0 spiro atoms. The molecule has 2 atom stereocenters. The first-order chi connectivity index (χ1) is 13.8. The summed E-state index contributed by atoms with van der Waals surface area (Å²) in [7, 11) is 0. The monoisotopic (exact) mass is 400 g/mol. The average Bonchev–Trinajstić information content (AvgIpc) is 3.29. The van der Waals surface area contributed by atoms with E-state index in [9.17, 15) is 9.59 Å². The third-order valence-corrected chi connectivity index (χ3v) is 7.93. The van der Waals surface area contributed by atoms with E-state index < -0.39 is 16.4 Å². The number of esters is 1. The summed E-state index contributed by atoms with van der Waals surface area (Å²) in [4.78, 5) is 30.2. The molecule has 1 amide bonds. The Labute approximate surface area is 170 Å². The van der Waals surface area contributed by atoms with E-state index in [2.05, 4.69) is 11.0 Å². The van der Waals surface area contributed by atoms with Crippen molar-refractivity contribution < 1.29 is 23.8 Å². The van der Waals surface area contributed by atoms with Gasteiger partial charge in [-0.25, -0.2) is 0 Å². The van der Waals surface area contributed by atoms with Crippen LogP contribution in [0.5, 0.6) is 11.5 Å². The zero-order valence-electron chi connectivity index (χ0n) is 17.3. The smallest absolute Gasteiger partial charge is 0.313 e. The van der Waals surface area contributed by atoms with E-state index in [0.29, 0.717) is 25.9 Å². The minimum Gasteiger partial charge on any atom is -0.454 e. The second-order valence-electron chi connectivity index (χ2n) is 9.43. The van der Waals surface area contributed by atoms with Crippen LogP contribution in [0.1, 0.15) is 39.2 Å². The van der Waals surface area contributed by atoms with Crippen LogP contribution in [-0.4, -0.2) is 60.2 Å². The molecule has 3 heterocycles. The number of hydrogen-bond acceptors (Lipinski definition) is 6. The Morgan fingerprint density at radius 2 is 1.76 bits per heavy atom. The molecular formula is C22H28N2O5. The Kier molecular flexibility index (Phi) is 3.95. The van der Waals surface area contributed by atoms with Crippen LogP contribution in [0.15, 0.2) is 18.2 Å². The lowest BCUT2D eigenvalue weighted by Gasteiger charge is -2.42. The van der Waals surface area contributed by atoms with Crippen LogP contribution in [0, 0.1) is 10.8 Å². The van der Waals surface area contributed by atoms with E-state index in [1.54, 1.807) is 0 Å². The molecule has 2 bridgehead atoms. The first-order valence-electron chi connectivity index (χ1n) is 10.4. The van der Waals surface area contributed by atoms with Crippen molar-refractivity contribution in [1.82, 2.24) is 9.80 Å². The Balaban J connectivity index is 1.24. The molecule has 1 aromatic carbocycles. The van der Waals surface area contributed by atoms with Gasteiger partial charge in [0, 0.05) is 38.1 Å². The van der Waals surface area contributed by atoms with E-state index in [4.69, 9.17) is 14.2 Å². The number of nitrogens with zero attached hydrogens (tertiary/aromatic N) is 2. The van der Waals surface area contributed by atoms with Crippen molar-refractivity contribution in [2.45, 2.75) is 45.8 Å². The van der Waals surface area contributed by atoms with Crippen molar-refractivity contribution in [1.29, 1.82) is 0 Å². The Hall–Kier alpha value is -2.28. The topological polar surface area (TPSA) is 68.3 Å². The largest absolute Gasteiger partial charge is 0.454 e. The number of carbonyl (C=O) groups excluding carboxylic acids is 2. The highest BCUT2D eigenvalue weighted by atomic mass is 16.7. The number of fused-ring (bicyclic) bond motifs is 3. The predicted molar refractivity (Wildman–Crippen MR) is 104 cm³/mol. The Bertz CT molecular complexity index is 876. The molecule has 3 fully saturated rings. The normalized spacial score (nSPS) is 32.5. The highest BCUT2D eigenvalue weighted by molar-refractivity contribution is 5.96. The molecule has 1 saturated carbocycles. The van der Waals surface area contributed by atoms with Crippen LogP contribution in [0.4, 0.5) is 0 Å². The van der Waals surface area contributed by atoms with Crippen LogP contribution in [0.25, 0.3) is 0 Å². The first-order valence-corrected chi connectivity index (χ1v) is 10.4. The summed E-state index contributed by atoms with van der Waals surface area (Å²) in [5.41, 5.74) is -0.884. The maximum atomic E-state index is 13.5. The third-order valence-electron chi connectivity index (χ3n) is 7.93. The van der Waals surface area contributed by atoms with Crippen LogP contribution < -0.4 is 9.47 Å². The van der Waals surface area contributed by atoms with Gasteiger partial charge in [0.05, 0.1) is 5.41 Å². The van der Waals surface area contributed by atoms with Gasteiger partial charge < -0.3 is 19.1 Å². The van der Waals surface area contributed by atoms with E-state index in [-0.39, 0.29) is 18.7 Å². The zero-order valence-corrected chi connectivity index (χ0v) is 17.3. The first kappa shape index (κ1) is 18.7. The average molecular weight is 400 g/mol. The summed E-state index contributed by atoms with van der Waals surface area (Å²) >= 11 is 0. The number of piperazine rings is 1. The molecule has 29 heavy (non-hydrogen) atoms. The molecule has 156 valence electrons. The molecule has 1 aliphatic carbocycles. The number of carbonyl (C=O) groups is 2. The predicted octanol–water partition coefficient (Wildman–Crippen LogP) is 2.18. The Morgan fingerprint density at radius 1 is 1.03 bits per heavy atom. The van der Waals surface area contributed by atoms with Gasteiger partial charge in [-0.2, -0.15) is 0 Å². The fourth-order valence-electron chi connectivity index (χ4n) is 5.38. The molecule has 5 rings (SSSR count). The Morgan fingerprint density at radius 3 is 2.41 bits per heavy atom. The molecule has 0 unspecified atom stereocenters. The molecule has 4 aliphatic rings.